The van der Waals surface area contributed by atoms with Gasteiger partial charge in [0, 0.05) is 21.3 Å². The minimum atomic E-state index is -0.525. The lowest BCUT2D eigenvalue weighted by Crippen LogP contribution is -2.45. The fourth-order valence-electron chi connectivity index (χ4n) is 3.79. The van der Waals surface area contributed by atoms with Crippen LogP contribution in [0.4, 0.5) is 4.79 Å². The molecule has 4 aromatic rings. The molecule has 0 bridgehead atoms. The monoisotopic (exact) mass is 480 g/mol. The van der Waals surface area contributed by atoms with Crippen LogP contribution in [0.1, 0.15) is 30.2 Å². The highest BCUT2D eigenvalue weighted by atomic mass is 35.5. The SMILES string of the molecule is CC1=C(c2nc(-c3ccc(Cl)cc3)no2)C(c2cccc(Cl)c2)NC(=O)N1Cc1ccco1. The van der Waals surface area contributed by atoms with Gasteiger partial charge in [0.05, 0.1) is 24.4 Å². The number of furan rings is 1. The van der Waals surface area contributed by atoms with Crippen LogP contribution in [0.25, 0.3) is 17.0 Å². The van der Waals surface area contributed by atoms with Crippen LogP contribution in [0.2, 0.25) is 10.0 Å². The summed E-state index contributed by atoms with van der Waals surface area (Å²) in [5, 5.41) is 8.37. The normalized spacial score (nSPS) is 16.3. The summed E-state index contributed by atoms with van der Waals surface area (Å²) in [6.07, 6.45) is 1.57. The summed E-state index contributed by atoms with van der Waals surface area (Å²) in [5.41, 5.74) is 2.91. The molecular weight excluding hydrogens is 463 g/mol. The van der Waals surface area contributed by atoms with E-state index in [1.165, 1.54) is 0 Å². The zero-order valence-electron chi connectivity index (χ0n) is 17.5. The maximum atomic E-state index is 13.1. The zero-order valence-corrected chi connectivity index (χ0v) is 19.0. The molecule has 166 valence electrons. The summed E-state index contributed by atoms with van der Waals surface area (Å²) < 4.78 is 11.1. The zero-order chi connectivity index (χ0) is 22.9. The van der Waals surface area contributed by atoms with E-state index < -0.39 is 6.04 Å². The predicted molar refractivity (Wildman–Crippen MR) is 124 cm³/mol. The van der Waals surface area contributed by atoms with E-state index in [-0.39, 0.29) is 12.6 Å². The maximum absolute atomic E-state index is 13.1. The van der Waals surface area contributed by atoms with E-state index in [9.17, 15) is 4.79 Å². The Hall–Kier alpha value is -3.55. The summed E-state index contributed by atoms with van der Waals surface area (Å²) >= 11 is 12.2. The molecule has 7 nitrogen and oxygen atoms in total. The van der Waals surface area contributed by atoms with Crippen molar-refractivity contribution >= 4 is 34.8 Å². The van der Waals surface area contributed by atoms with Crippen molar-refractivity contribution in [3.05, 3.63) is 99.9 Å². The maximum Gasteiger partial charge on any atom is 0.322 e. The van der Waals surface area contributed by atoms with Crippen LogP contribution >= 0.6 is 23.2 Å². The van der Waals surface area contributed by atoms with Crippen molar-refractivity contribution in [3.63, 3.8) is 0 Å². The van der Waals surface area contributed by atoms with Crippen molar-refractivity contribution in [1.29, 1.82) is 0 Å². The minimum Gasteiger partial charge on any atom is -0.467 e. The van der Waals surface area contributed by atoms with Crippen LogP contribution in [0, 0.1) is 0 Å². The number of halogens is 2. The number of rotatable bonds is 5. The molecule has 0 spiro atoms. The molecule has 0 saturated carbocycles. The van der Waals surface area contributed by atoms with Gasteiger partial charge in [-0.25, -0.2) is 4.79 Å². The summed E-state index contributed by atoms with van der Waals surface area (Å²) in [7, 11) is 0. The molecule has 0 saturated heterocycles. The van der Waals surface area contributed by atoms with E-state index in [2.05, 4.69) is 15.5 Å². The summed E-state index contributed by atoms with van der Waals surface area (Å²) in [4.78, 5) is 19.3. The molecule has 1 aliphatic heterocycles. The summed E-state index contributed by atoms with van der Waals surface area (Å²) in [6.45, 7) is 2.11. The fourth-order valence-corrected chi connectivity index (χ4v) is 4.12. The van der Waals surface area contributed by atoms with Crippen LogP contribution in [-0.4, -0.2) is 21.1 Å². The van der Waals surface area contributed by atoms with Crippen molar-refractivity contribution in [2.24, 2.45) is 0 Å². The first-order valence-electron chi connectivity index (χ1n) is 10.2. The van der Waals surface area contributed by atoms with Gasteiger partial charge in [-0.05, 0) is 61.0 Å². The molecule has 2 amide bonds. The van der Waals surface area contributed by atoms with Crippen LogP contribution < -0.4 is 5.32 Å². The molecule has 3 heterocycles. The van der Waals surface area contributed by atoms with Gasteiger partial charge in [-0.2, -0.15) is 4.98 Å². The van der Waals surface area contributed by atoms with Gasteiger partial charge < -0.3 is 14.3 Å². The lowest BCUT2D eigenvalue weighted by molar-refractivity contribution is 0.199. The van der Waals surface area contributed by atoms with Crippen molar-refractivity contribution < 1.29 is 13.7 Å². The van der Waals surface area contributed by atoms with E-state index in [1.807, 2.05) is 37.3 Å². The Labute approximate surface area is 199 Å². The average Bonchev–Trinajstić information content (AvgIpc) is 3.49. The molecule has 2 aromatic heterocycles. The van der Waals surface area contributed by atoms with Gasteiger partial charge in [0.2, 0.25) is 5.82 Å². The topological polar surface area (TPSA) is 84.4 Å². The standard InChI is InChI=1S/C24H18Cl2N4O3/c1-14-20(23-28-22(29-33-23)15-7-9-17(25)10-8-15)21(16-4-2-5-18(26)12-16)27-24(31)30(14)13-19-6-3-11-32-19/h2-12,21H,13H2,1H3,(H,27,31). The van der Waals surface area contributed by atoms with Crippen LogP contribution in [0.3, 0.4) is 0 Å². The molecule has 1 aliphatic rings. The molecule has 33 heavy (non-hydrogen) atoms. The first kappa shape index (κ1) is 21.3. The van der Waals surface area contributed by atoms with Crippen LogP contribution in [0.5, 0.6) is 0 Å². The molecule has 0 radical (unpaired) electrons. The smallest absolute Gasteiger partial charge is 0.322 e. The summed E-state index contributed by atoms with van der Waals surface area (Å²) in [6, 6.07) is 17.3. The molecule has 9 heteroatoms. The highest BCUT2D eigenvalue weighted by molar-refractivity contribution is 6.30. The fraction of sp³-hybridized carbons (Fsp3) is 0.125. The number of hydrogen-bond acceptors (Lipinski definition) is 5. The number of hydrogen-bond donors (Lipinski definition) is 1. The van der Waals surface area contributed by atoms with Gasteiger partial charge >= 0.3 is 6.03 Å². The molecule has 1 atom stereocenters. The van der Waals surface area contributed by atoms with Gasteiger partial charge in [0.15, 0.2) is 0 Å². The number of nitrogens with zero attached hydrogens (tertiary/aromatic N) is 3. The Morgan fingerprint density at radius 1 is 1.06 bits per heavy atom. The van der Waals surface area contributed by atoms with Gasteiger partial charge in [0.25, 0.3) is 5.89 Å². The molecule has 1 N–H and O–H groups in total. The first-order valence-corrected chi connectivity index (χ1v) is 10.9. The Morgan fingerprint density at radius 2 is 1.88 bits per heavy atom. The Balaban J connectivity index is 1.60. The summed E-state index contributed by atoms with van der Waals surface area (Å²) in [5.74, 6) is 1.37. The second kappa shape index (κ2) is 8.77. The predicted octanol–water partition coefficient (Wildman–Crippen LogP) is 6.33. The number of benzene rings is 2. The van der Waals surface area contributed by atoms with Crippen molar-refractivity contribution in [2.75, 3.05) is 0 Å². The quantitative estimate of drug-likeness (QED) is 0.360. The number of urea groups is 1. The van der Waals surface area contributed by atoms with Crippen LogP contribution in [0.15, 0.2) is 81.6 Å². The highest BCUT2D eigenvalue weighted by Gasteiger charge is 2.36. The van der Waals surface area contributed by atoms with Crippen molar-refractivity contribution in [3.8, 4) is 11.4 Å². The second-order valence-corrected chi connectivity index (χ2v) is 8.41. The van der Waals surface area contributed by atoms with Crippen molar-refractivity contribution in [1.82, 2.24) is 20.4 Å². The van der Waals surface area contributed by atoms with E-state index in [4.69, 9.17) is 32.1 Å². The lowest BCUT2D eigenvalue weighted by atomic mass is 9.94. The molecule has 1 unspecified atom stereocenters. The lowest BCUT2D eigenvalue weighted by Gasteiger charge is -2.34. The first-order chi connectivity index (χ1) is 16.0. The number of aromatic nitrogens is 2. The van der Waals surface area contributed by atoms with Gasteiger partial charge in [-0.3, -0.25) is 4.90 Å². The van der Waals surface area contributed by atoms with Crippen LogP contribution in [-0.2, 0) is 6.54 Å². The van der Waals surface area contributed by atoms with E-state index in [0.717, 1.165) is 11.1 Å². The third-order valence-corrected chi connectivity index (χ3v) is 5.92. The third kappa shape index (κ3) is 4.25. The number of amides is 2. The Kier molecular flexibility index (Phi) is 5.66. The number of nitrogens with one attached hydrogen (secondary N) is 1. The number of carbonyl (C=O) groups is 1. The molecule has 2 aromatic carbocycles. The second-order valence-electron chi connectivity index (χ2n) is 7.53. The number of carbonyl (C=O) groups excluding carboxylic acids is 1. The Morgan fingerprint density at radius 3 is 2.61 bits per heavy atom. The Bertz CT molecular complexity index is 1330. The molecule has 0 fully saturated rings. The average molecular weight is 481 g/mol. The van der Waals surface area contributed by atoms with Gasteiger partial charge in [-0.1, -0.05) is 40.5 Å². The molecule has 5 rings (SSSR count). The highest BCUT2D eigenvalue weighted by Crippen LogP contribution is 2.38. The van der Waals surface area contributed by atoms with E-state index >= 15 is 0 Å². The van der Waals surface area contributed by atoms with E-state index in [0.29, 0.717) is 38.8 Å². The minimum absolute atomic E-state index is 0.259. The molecule has 0 aliphatic carbocycles. The van der Waals surface area contributed by atoms with E-state index in [1.54, 1.807) is 41.5 Å². The molecular formula is C24H18Cl2N4O3. The van der Waals surface area contributed by atoms with Crippen molar-refractivity contribution in [2.45, 2.75) is 19.5 Å². The van der Waals surface area contributed by atoms with Gasteiger partial charge in [-0.15, -0.1) is 0 Å². The largest absolute Gasteiger partial charge is 0.467 e. The van der Waals surface area contributed by atoms with Gasteiger partial charge in [0.1, 0.15) is 5.76 Å². The third-order valence-electron chi connectivity index (χ3n) is 5.43. The number of allylic oxidation sites excluding steroid dienone is 1.